The monoisotopic (exact) mass is 456 g/mol. The van der Waals surface area contributed by atoms with Gasteiger partial charge in [0.05, 0.1) is 0 Å². The van der Waals surface area contributed by atoms with E-state index in [4.69, 9.17) is 0 Å². The van der Waals surface area contributed by atoms with Gasteiger partial charge in [-0.15, -0.1) is 6.92 Å². The molecule has 0 aromatic heterocycles. The molecule has 0 aliphatic heterocycles. The molecular weight excluding hydrogens is 426 g/mol. The Hall–Kier alpha value is 0.423. The molecule has 3 rings (SSSR count). The molecule has 0 spiro atoms. The molecule has 3 aliphatic carbocycles. The second-order valence-electron chi connectivity index (χ2n) is 7.73. The van der Waals surface area contributed by atoms with E-state index < -0.39 is 0 Å². The van der Waals surface area contributed by atoms with Crippen LogP contribution < -0.4 is 24.8 Å². The van der Waals surface area contributed by atoms with Gasteiger partial charge in [0.1, 0.15) is 0 Å². The van der Waals surface area contributed by atoms with Crippen LogP contribution in [0.3, 0.4) is 0 Å². The van der Waals surface area contributed by atoms with E-state index >= 15 is 0 Å². The minimum Gasteiger partial charge on any atom is -1.00 e. The van der Waals surface area contributed by atoms with Crippen molar-refractivity contribution in [2.75, 3.05) is 0 Å². The van der Waals surface area contributed by atoms with Gasteiger partial charge in [-0.2, -0.15) is 16.7 Å². The van der Waals surface area contributed by atoms with E-state index in [1.165, 1.54) is 60.0 Å². The summed E-state index contributed by atoms with van der Waals surface area (Å²) < 4.78 is 0. The van der Waals surface area contributed by atoms with Gasteiger partial charge in [0.15, 0.2) is 0 Å². The van der Waals surface area contributed by atoms with Crippen molar-refractivity contribution in [3.8, 4) is 0 Å². The van der Waals surface area contributed by atoms with Crippen molar-refractivity contribution >= 4 is 0 Å². The van der Waals surface area contributed by atoms with E-state index in [1.54, 1.807) is 0 Å². The van der Waals surface area contributed by atoms with E-state index in [1.807, 2.05) is 0 Å². The summed E-state index contributed by atoms with van der Waals surface area (Å²) in [5.41, 5.74) is 7.34. The van der Waals surface area contributed by atoms with Crippen LogP contribution in [0.25, 0.3) is 0 Å². The predicted octanol–water partition coefficient (Wildman–Crippen LogP) is 0.764. The largest absolute Gasteiger partial charge is 4.00 e. The van der Waals surface area contributed by atoms with Gasteiger partial charge in [-0.1, -0.05) is 65.7 Å². The molecule has 0 radical (unpaired) electrons. The summed E-state index contributed by atoms with van der Waals surface area (Å²) in [5, 5.41) is 0. The molecule has 0 amide bonds. The van der Waals surface area contributed by atoms with Gasteiger partial charge < -0.3 is 24.8 Å². The quantitative estimate of drug-likeness (QED) is 0.509. The smallest absolute Gasteiger partial charge is 1.00 e. The van der Waals surface area contributed by atoms with Crippen LogP contribution in [0.15, 0.2) is 33.9 Å². The van der Waals surface area contributed by atoms with Crippen LogP contribution in [0, 0.1) is 23.5 Å². The Labute approximate surface area is 187 Å². The Morgan fingerprint density at radius 3 is 1.84 bits per heavy atom. The first-order valence-electron chi connectivity index (χ1n) is 8.91. The topological polar surface area (TPSA) is 0 Å². The van der Waals surface area contributed by atoms with Gasteiger partial charge in [-0.25, -0.2) is 23.3 Å². The first-order chi connectivity index (χ1) is 10.3. The first kappa shape index (κ1) is 27.6. The van der Waals surface area contributed by atoms with E-state index in [2.05, 4.69) is 59.8 Å². The van der Waals surface area contributed by atoms with Crippen LogP contribution in [0.5, 0.6) is 0 Å². The second kappa shape index (κ2) is 12.0. The molecular formula is C22H32Cl2Zr. The third kappa shape index (κ3) is 7.52. The summed E-state index contributed by atoms with van der Waals surface area (Å²) >= 11 is 0. The normalized spacial score (nSPS) is 21.6. The van der Waals surface area contributed by atoms with E-state index in [0.29, 0.717) is 0 Å². The fourth-order valence-corrected chi connectivity index (χ4v) is 3.70. The molecule has 0 unspecified atom stereocenters. The van der Waals surface area contributed by atoms with Crippen molar-refractivity contribution in [2.24, 2.45) is 11.3 Å². The minimum absolute atomic E-state index is 0. The Balaban J connectivity index is 0. The first-order valence-corrected chi connectivity index (χ1v) is 8.91. The van der Waals surface area contributed by atoms with Gasteiger partial charge in [-0.3, -0.25) is 6.08 Å². The molecule has 0 atom stereocenters. The molecule has 0 nitrogen and oxygen atoms in total. The van der Waals surface area contributed by atoms with Gasteiger partial charge in [-0.05, 0) is 18.8 Å². The van der Waals surface area contributed by atoms with Crippen molar-refractivity contribution < 1.29 is 51.0 Å². The molecule has 0 bridgehead atoms. The molecule has 0 N–H and O–H groups in total. The third-order valence-corrected chi connectivity index (χ3v) is 5.59. The molecule has 0 aromatic rings. The average molecular weight is 459 g/mol. The molecule has 0 aromatic carbocycles. The zero-order valence-electron chi connectivity index (χ0n) is 16.7. The SMILES string of the molecule is CC1=[C-]C(C)(C)C(C)=C1C.CC1=[C-]C(C2CCCCC2)=CC1.[Cl-].[Cl-].[Zr+4]. The summed E-state index contributed by atoms with van der Waals surface area (Å²) in [5.74, 6) is 0.858. The van der Waals surface area contributed by atoms with Crippen molar-refractivity contribution in [2.45, 2.75) is 80.1 Å². The molecule has 1 fully saturated rings. The third-order valence-electron chi connectivity index (χ3n) is 5.59. The number of halogens is 2. The summed E-state index contributed by atoms with van der Waals surface area (Å²) in [6.45, 7) is 13.1. The summed E-state index contributed by atoms with van der Waals surface area (Å²) in [6.07, 6.45) is 17.6. The van der Waals surface area contributed by atoms with Gasteiger partial charge in [0.2, 0.25) is 0 Å². The number of rotatable bonds is 1. The maximum Gasteiger partial charge on any atom is 4.00 e. The molecule has 1 saturated carbocycles. The molecule has 0 heterocycles. The average Bonchev–Trinajstić information content (AvgIpc) is 2.99. The zero-order valence-corrected chi connectivity index (χ0v) is 20.6. The van der Waals surface area contributed by atoms with Crippen LogP contribution in [0.1, 0.15) is 80.1 Å². The van der Waals surface area contributed by atoms with Crippen molar-refractivity contribution in [1.82, 2.24) is 0 Å². The summed E-state index contributed by atoms with van der Waals surface area (Å²) in [6, 6.07) is 0. The second-order valence-corrected chi connectivity index (χ2v) is 7.73. The van der Waals surface area contributed by atoms with Crippen LogP contribution in [-0.2, 0) is 26.2 Å². The van der Waals surface area contributed by atoms with E-state index in [-0.39, 0.29) is 56.4 Å². The maximum atomic E-state index is 3.50. The number of allylic oxidation sites excluding steroid dienone is 8. The van der Waals surface area contributed by atoms with Gasteiger partial charge in [0, 0.05) is 0 Å². The summed E-state index contributed by atoms with van der Waals surface area (Å²) in [7, 11) is 0. The molecule has 138 valence electrons. The van der Waals surface area contributed by atoms with Gasteiger partial charge in [0.25, 0.3) is 0 Å². The number of hydrogen-bond acceptors (Lipinski definition) is 0. The van der Waals surface area contributed by atoms with Crippen molar-refractivity contribution in [1.29, 1.82) is 0 Å². The van der Waals surface area contributed by atoms with Crippen molar-refractivity contribution in [3.63, 3.8) is 0 Å². The van der Waals surface area contributed by atoms with Crippen LogP contribution >= 0.6 is 0 Å². The fourth-order valence-electron chi connectivity index (χ4n) is 3.70. The summed E-state index contributed by atoms with van der Waals surface area (Å²) in [4.78, 5) is 0. The predicted molar refractivity (Wildman–Crippen MR) is 96.3 cm³/mol. The van der Waals surface area contributed by atoms with Crippen LogP contribution in [0.4, 0.5) is 0 Å². The van der Waals surface area contributed by atoms with Crippen molar-refractivity contribution in [3.05, 3.63) is 46.1 Å². The molecule has 3 aliphatic rings. The maximum absolute atomic E-state index is 3.50. The van der Waals surface area contributed by atoms with Crippen LogP contribution in [-0.4, -0.2) is 0 Å². The van der Waals surface area contributed by atoms with Crippen LogP contribution in [0.2, 0.25) is 0 Å². The van der Waals surface area contributed by atoms with Gasteiger partial charge >= 0.3 is 26.2 Å². The van der Waals surface area contributed by atoms with E-state index in [0.717, 1.165) is 12.3 Å². The number of hydrogen-bond donors (Lipinski definition) is 0. The Morgan fingerprint density at radius 2 is 1.52 bits per heavy atom. The fraction of sp³-hybridized carbons (Fsp3) is 0.636. The standard InChI is InChI=1S/C12H17.C10H15.2ClH.Zr/c1-10-7-8-12(9-10)11-5-3-2-4-6-11;1-7-6-10(4,5)9(3)8(7)2;;;/h8,11H,2-7H2,1H3;1-5H3;2*1H;/q2*-1;;;+4/p-2. The zero-order chi connectivity index (χ0) is 16.3. The molecule has 3 heteroatoms. The molecule has 0 saturated heterocycles. The molecule has 25 heavy (non-hydrogen) atoms. The van der Waals surface area contributed by atoms with E-state index in [9.17, 15) is 0 Å². The Kier molecular flexibility index (Phi) is 13.3. The Morgan fingerprint density at radius 1 is 0.960 bits per heavy atom. The minimum atomic E-state index is 0. The Bertz CT molecular complexity index is 544.